The van der Waals surface area contributed by atoms with Gasteiger partial charge < -0.3 is 10.2 Å². The lowest BCUT2D eigenvalue weighted by atomic mass is 9.71. The summed E-state index contributed by atoms with van der Waals surface area (Å²) in [6.45, 7) is 10.2. The maximum Gasteiger partial charge on any atom is 0.272 e. The van der Waals surface area contributed by atoms with Crippen LogP contribution in [0.3, 0.4) is 0 Å². The molecule has 2 amide bonds. The molecule has 1 atom stereocenters. The summed E-state index contributed by atoms with van der Waals surface area (Å²) in [7, 11) is 0. The van der Waals surface area contributed by atoms with Gasteiger partial charge in [-0.2, -0.15) is 5.10 Å². The van der Waals surface area contributed by atoms with Crippen LogP contribution in [0.2, 0.25) is 0 Å². The van der Waals surface area contributed by atoms with Gasteiger partial charge in [0.2, 0.25) is 5.91 Å². The lowest BCUT2D eigenvalue weighted by Gasteiger charge is -2.50. The van der Waals surface area contributed by atoms with Crippen LogP contribution in [-0.2, 0) is 17.9 Å². The van der Waals surface area contributed by atoms with Crippen molar-refractivity contribution in [2.45, 2.75) is 39.9 Å². The zero-order chi connectivity index (χ0) is 21.3. The Hall–Kier alpha value is -2.67. The average molecular weight is 410 g/mol. The number of carbonyl (C=O) groups excluding carboxylic acids is 2. The summed E-state index contributed by atoms with van der Waals surface area (Å²) >= 11 is 0. The van der Waals surface area contributed by atoms with Crippen molar-refractivity contribution in [3.8, 4) is 0 Å². The van der Waals surface area contributed by atoms with Crippen molar-refractivity contribution >= 4 is 11.8 Å². The molecule has 30 heavy (non-hydrogen) atoms. The first kappa shape index (κ1) is 20.6. The van der Waals surface area contributed by atoms with Crippen molar-refractivity contribution in [2.75, 3.05) is 26.2 Å². The van der Waals surface area contributed by atoms with Gasteiger partial charge >= 0.3 is 0 Å². The molecule has 7 nitrogen and oxygen atoms in total. The zero-order valence-electron chi connectivity index (χ0n) is 18.0. The summed E-state index contributed by atoms with van der Waals surface area (Å²) in [4.78, 5) is 30.2. The molecule has 1 spiro atoms. The summed E-state index contributed by atoms with van der Waals surface area (Å²) < 4.78 is 1.73. The van der Waals surface area contributed by atoms with E-state index in [1.54, 1.807) is 16.9 Å². The minimum absolute atomic E-state index is 0.00417. The molecule has 1 unspecified atom stereocenters. The van der Waals surface area contributed by atoms with Crippen LogP contribution in [0.25, 0.3) is 0 Å². The number of hydrogen-bond acceptors (Lipinski definition) is 4. The highest BCUT2D eigenvalue weighted by molar-refractivity contribution is 5.93. The molecule has 0 saturated carbocycles. The third-order valence-corrected chi connectivity index (χ3v) is 6.25. The summed E-state index contributed by atoms with van der Waals surface area (Å²) in [5.74, 6) is -0.000453. The number of carbonyl (C=O) groups is 2. The Kier molecular flexibility index (Phi) is 5.64. The number of aromatic nitrogens is 2. The number of rotatable bonds is 6. The normalized spacial score (nSPS) is 20.5. The molecular weight excluding hydrogens is 378 g/mol. The molecule has 2 aromatic rings. The Balaban J connectivity index is 1.49. The molecular formula is C23H31N5O2. The van der Waals surface area contributed by atoms with Gasteiger partial charge in [-0.3, -0.25) is 19.2 Å². The number of hydrogen-bond donors (Lipinski definition) is 1. The van der Waals surface area contributed by atoms with Gasteiger partial charge in [0.05, 0.1) is 5.92 Å². The van der Waals surface area contributed by atoms with Crippen molar-refractivity contribution < 1.29 is 9.59 Å². The van der Waals surface area contributed by atoms with E-state index in [9.17, 15) is 9.59 Å². The average Bonchev–Trinajstić information content (AvgIpc) is 3.31. The van der Waals surface area contributed by atoms with Crippen LogP contribution in [0.4, 0.5) is 0 Å². The highest BCUT2D eigenvalue weighted by atomic mass is 16.2. The van der Waals surface area contributed by atoms with Crippen LogP contribution in [0.5, 0.6) is 0 Å². The second-order valence-electron chi connectivity index (χ2n) is 8.93. The van der Waals surface area contributed by atoms with Crippen LogP contribution in [0, 0.1) is 11.3 Å². The predicted octanol–water partition coefficient (Wildman–Crippen LogP) is 2.00. The highest BCUT2D eigenvalue weighted by Crippen LogP contribution is 2.45. The summed E-state index contributed by atoms with van der Waals surface area (Å²) in [6, 6.07) is 12.2. The fraction of sp³-hybridized carbons (Fsp3) is 0.522. The topological polar surface area (TPSA) is 70.5 Å². The maximum atomic E-state index is 13.0. The van der Waals surface area contributed by atoms with E-state index in [4.69, 9.17) is 0 Å². The number of nitrogens with zero attached hydrogens (tertiary/aromatic N) is 4. The Morgan fingerprint density at radius 3 is 2.57 bits per heavy atom. The van der Waals surface area contributed by atoms with E-state index >= 15 is 0 Å². The van der Waals surface area contributed by atoms with Crippen molar-refractivity contribution in [3.05, 3.63) is 53.9 Å². The van der Waals surface area contributed by atoms with E-state index in [-0.39, 0.29) is 29.2 Å². The number of likely N-dealkylation sites (tertiary alicyclic amines) is 2. The van der Waals surface area contributed by atoms with Crippen molar-refractivity contribution in [1.29, 1.82) is 0 Å². The SMILES string of the molecule is CCn1nccc1C(=O)N1CC2(CN(Cc3ccccc3)CC2C(=O)NC(C)C)C1. The Morgan fingerprint density at radius 1 is 1.17 bits per heavy atom. The minimum atomic E-state index is -0.180. The molecule has 1 N–H and O–H groups in total. The van der Waals surface area contributed by atoms with Gasteiger partial charge in [-0.15, -0.1) is 0 Å². The number of benzene rings is 1. The minimum Gasteiger partial charge on any atom is -0.354 e. The van der Waals surface area contributed by atoms with Crippen LogP contribution in [-0.4, -0.2) is 63.6 Å². The molecule has 160 valence electrons. The maximum absolute atomic E-state index is 13.0. The second-order valence-corrected chi connectivity index (χ2v) is 8.93. The lowest BCUT2D eigenvalue weighted by Crippen LogP contribution is -2.64. The molecule has 7 heteroatoms. The van der Waals surface area contributed by atoms with Crippen molar-refractivity contribution in [1.82, 2.24) is 24.9 Å². The van der Waals surface area contributed by atoms with Gasteiger partial charge in [-0.05, 0) is 32.4 Å². The molecule has 0 aliphatic carbocycles. The molecule has 1 aromatic heterocycles. The van der Waals surface area contributed by atoms with Gasteiger partial charge in [0, 0.05) is 56.9 Å². The third kappa shape index (κ3) is 3.86. The second kappa shape index (κ2) is 8.22. The molecule has 1 aromatic carbocycles. The van der Waals surface area contributed by atoms with Crippen molar-refractivity contribution in [3.63, 3.8) is 0 Å². The van der Waals surface area contributed by atoms with E-state index in [1.807, 2.05) is 43.9 Å². The first-order valence-electron chi connectivity index (χ1n) is 10.8. The van der Waals surface area contributed by atoms with Crippen LogP contribution in [0.1, 0.15) is 36.8 Å². The summed E-state index contributed by atoms with van der Waals surface area (Å²) in [6.07, 6.45) is 1.67. The fourth-order valence-electron chi connectivity index (χ4n) is 4.89. The number of amides is 2. The van der Waals surface area contributed by atoms with E-state index in [0.29, 0.717) is 25.3 Å². The van der Waals surface area contributed by atoms with Gasteiger partial charge in [0.1, 0.15) is 5.69 Å². The van der Waals surface area contributed by atoms with Crippen LogP contribution < -0.4 is 5.32 Å². The van der Waals surface area contributed by atoms with Gasteiger partial charge in [0.15, 0.2) is 0 Å². The first-order valence-corrected chi connectivity index (χ1v) is 10.8. The van der Waals surface area contributed by atoms with Gasteiger partial charge in [-0.25, -0.2) is 0 Å². The van der Waals surface area contributed by atoms with E-state index in [2.05, 4.69) is 27.4 Å². The molecule has 0 radical (unpaired) electrons. The van der Waals surface area contributed by atoms with E-state index in [0.717, 1.165) is 19.6 Å². The fourth-order valence-corrected chi connectivity index (χ4v) is 4.89. The molecule has 4 rings (SSSR count). The first-order chi connectivity index (χ1) is 14.4. The lowest BCUT2D eigenvalue weighted by molar-refractivity contribution is -0.131. The van der Waals surface area contributed by atoms with E-state index in [1.165, 1.54) is 5.56 Å². The summed E-state index contributed by atoms with van der Waals surface area (Å²) in [5.41, 5.74) is 1.69. The third-order valence-electron chi connectivity index (χ3n) is 6.25. The molecule has 2 saturated heterocycles. The Morgan fingerprint density at radius 2 is 1.90 bits per heavy atom. The van der Waals surface area contributed by atoms with E-state index < -0.39 is 0 Å². The Labute approximate surface area is 178 Å². The number of aryl methyl sites for hydroxylation is 1. The smallest absolute Gasteiger partial charge is 0.272 e. The van der Waals surface area contributed by atoms with Gasteiger partial charge in [0.25, 0.3) is 5.91 Å². The molecule has 0 bridgehead atoms. The molecule has 2 fully saturated rings. The predicted molar refractivity (Wildman–Crippen MR) is 115 cm³/mol. The molecule has 2 aliphatic heterocycles. The zero-order valence-corrected chi connectivity index (χ0v) is 18.0. The van der Waals surface area contributed by atoms with Gasteiger partial charge in [-0.1, -0.05) is 30.3 Å². The van der Waals surface area contributed by atoms with Crippen LogP contribution >= 0.6 is 0 Å². The molecule has 3 heterocycles. The van der Waals surface area contributed by atoms with Crippen LogP contribution in [0.15, 0.2) is 42.6 Å². The summed E-state index contributed by atoms with van der Waals surface area (Å²) in [5, 5.41) is 7.32. The molecule has 2 aliphatic rings. The monoisotopic (exact) mass is 409 g/mol. The standard InChI is InChI=1S/C23H31N5O2/c1-4-28-20(10-11-24-28)22(30)27-15-23(16-27)14-26(12-18-8-6-5-7-9-18)13-19(23)21(29)25-17(2)3/h5-11,17,19H,4,12-16H2,1-3H3,(H,25,29). The van der Waals surface area contributed by atoms with Crippen molar-refractivity contribution in [2.24, 2.45) is 11.3 Å². The Bertz CT molecular complexity index is 901. The quantitative estimate of drug-likeness (QED) is 0.792. The largest absolute Gasteiger partial charge is 0.354 e. The highest BCUT2D eigenvalue weighted by Gasteiger charge is 2.58. The number of nitrogens with one attached hydrogen (secondary N) is 1.